The van der Waals surface area contributed by atoms with E-state index >= 15 is 0 Å². The van der Waals surface area contributed by atoms with E-state index in [1.807, 2.05) is 27.7 Å². The van der Waals surface area contributed by atoms with Crippen LogP contribution in [0.25, 0.3) is 0 Å². The van der Waals surface area contributed by atoms with Crippen LogP contribution in [0.5, 0.6) is 0 Å². The molecule has 0 aromatic carbocycles. The molecule has 0 aromatic heterocycles. The molecule has 0 aliphatic carbocycles. The Balaban J connectivity index is 0. The smallest absolute Gasteiger partial charge is 0.529 e. The fourth-order valence-corrected chi connectivity index (χ4v) is 0.960. The summed E-state index contributed by atoms with van der Waals surface area (Å²) in [6, 6.07) is 0.292. The van der Waals surface area contributed by atoms with Crippen LogP contribution >= 0.6 is 0 Å². The second-order valence-electron chi connectivity index (χ2n) is 2.99. The van der Waals surface area contributed by atoms with Crippen molar-refractivity contribution in [3.63, 3.8) is 0 Å². The monoisotopic (exact) mass is 182 g/mol. The molecule has 0 saturated heterocycles. The summed E-state index contributed by atoms with van der Waals surface area (Å²) in [6.07, 6.45) is -1.26. The first-order valence-corrected chi connectivity index (χ1v) is 3.71. The molecule has 0 aliphatic heterocycles. The normalized spacial score (nSPS) is 10.2. The van der Waals surface area contributed by atoms with E-state index in [2.05, 4.69) is 5.43 Å². The number of carbonyl (C=O) groups is 1. The van der Waals surface area contributed by atoms with E-state index in [-0.39, 0.29) is 41.6 Å². The van der Waals surface area contributed by atoms with Gasteiger partial charge in [0, 0.05) is 12.1 Å². The number of hydrazine groups is 1. The molecule has 0 heterocycles. The molecule has 0 rings (SSSR count). The summed E-state index contributed by atoms with van der Waals surface area (Å²) >= 11 is 0. The maximum atomic E-state index is 10.2. The van der Waals surface area contributed by atoms with Crippen LogP contribution in [0.15, 0.2) is 0 Å². The second kappa shape index (κ2) is 6.71. The Kier molecular flexibility index (Phi) is 8.25. The number of rotatable bonds is 3. The number of nitrogens with one attached hydrogen (secondary N) is 1. The van der Waals surface area contributed by atoms with Crippen molar-refractivity contribution in [2.75, 3.05) is 0 Å². The quantitative estimate of drug-likeness (QED) is 0.373. The summed E-state index contributed by atoms with van der Waals surface area (Å²) in [5.41, 5.74) is 2.22. The predicted molar refractivity (Wildman–Crippen MR) is 40.6 cm³/mol. The Morgan fingerprint density at radius 1 is 1.25 bits per heavy atom. The maximum absolute atomic E-state index is 10.2. The van der Waals surface area contributed by atoms with Crippen molar-refractivity contribution in [1.29, 1.82) is 0 Å². The zero-order valence-electron chi connectivity index (χ0n) is 8.42. The summed E-state index contributed by atoms with van der Waals surface area (Å²) in [5.74, 6) is 0. The molecule has 4 nitrogen and oxygen atoms in total. The fourth-order valence-electron chi connectivity index (χ4n) is 0.960. The Bertz CT molecular complexity index is 131. The second-order valence-corrected chi connectivity index (χ2v) is 2.99. The first kappa shape index (κ1) is 14.7. The van der Waals surface area contributed by atoms with E-state index in [1.54, 1.807) is 5.01 Å². The number of nitrogens with zero attached hydrogens (tertiary/aromatic N) is 1. The largest absolute Gasteiger partial charge is 1.00 e. The minimum Gasteiger partial charge on any atom is -0.529 e. The van der Waals surface area contributed by atoms with Gasteiger partial charge in [-0.15, -0.1) is 0 Å². The van der Waals surface area contributed by atoms with E-state index in [9.17, 15) is 9.90 Å². The van der Waals surface area contributed by atoms with Gasteiger partial charge < -0.3 is 15.3 Å². The molecule has 0 aliphatic rings. The molecule has 0 spiro atoms. The van der Waals surface area contributed by atoms with Gasteiger partial charge >= 0.3 is 29.6 Å². The van der Waals surface area contributed by atoms with Crippen molar-refractivity contribution in [2.45, 2.75) is 39.8 Å². The molecule has 5 heteroatoms. The van der Waals surface area contributed by atoms with Gasteiger partial charge in [-0.1, -0.05) is 0 Å². The van der Waals surface area contributed by atoms with Gasteiger partial charge in [0.05, 0.1) is 0 Å². The van der Waals surface area contributed by atoms with Gasteiger partial charge in [-0.25, -0.2) is 5.01 Å². The van der Waals surface area contributed by atoms with Crippen LogP contribution < -0.4 is 40.1 Å². The molecule has 0 aromatic rings. The molecule has 1 amide bonds. The third-order valence-electron chi connectivity index (χ3n) is 1.33. The van der Waals surface area contributed by atoms with Crippen molar-refractivity contribution in [1.82, 2.24) is 10.4 Å². The molecule has 66 valence electrons. The van der Waals surface area contributed by atoms with E-state index in [0.717, 1.165) is 0 Å². The summed E-state index contributed by atoms with van der Waals surface area (Å²) in [5, 5.41) is 11.8. The Morgan fingerprint density at radius 3 is 1.67 bits per heavy atom. The van der Waals surface area contributed by atoms with Crippen LogP contribution in [0, 0.1) is 0 Å². The van der Waals surface area contributed by atoms with Crippen molar-refractivity contribution in [3.8, 4) is 0 Å². The summed E-state index contributed by atoms with van der Waals surface area (Å²) in [7, 11) is 0. The number of carbonyl (C=O) groups excluding carboxylic acids is 1. The zero-order chi connectivity index (χ0) is 9.02. The van der Waals surface area contributed by atoms with Crippen LogP contribution in [0.1, 0.15) is 27.7 Å². The average molecular weight is 182 g/mol. The zero-order valence-corrected chi connectivity index (χ0v) is 10.4. The summed E-state index contributed by atoms with van der Waals surface area (Å²) < 4.78 is 0. The number of hydrogen-bond donors (Lipinski definition) is 1. The van der Waals surface area contributed by atoms with Crippen LogP contribution in [0.2, 0.25) is 0 Å². The Hall–Kier alpha value is 0.230. The molecule has 12 heavy (non-hydrogen) atoms. The van der Waals surface area contributed by atoms with Crippen molar-refractivity contribution < 1.29 is 39.5 Å². The molecular weight excluding hydrogens is 167 g/mol. The Labute approximate surface area is 95.6 Å². The van der Waals surface area contributed by atoms with E-state index in [4.69, 9.17) is 0 Å². The third-order valence-corrected chi connectivity index (χ3v) is 1.33. The van der Waals surface area contributed by atoms with Gasteiger partial charge in [-0.2, -0.15) is 0 Å². The van der Waals surface area contributed by atoms with Gasteiger partial charge in [-0.3, -0.25) is 0 Å². The summed E-state index contributed by atoms with van der Waals surface area (Å²) in [4.78, 5) is 10.2. The first-order chi connectivity index (χ1) is 4.95. The predicted octanol–water partition coefficient (Wildman–Crippen LogP) is -3.04. The molecule has 0 unspecified atom stereocenters. The third kappa shape index (κ3) is 5.83. The van der Waals surface area contributed by atoms with Gasteiger partial charge in [0.15, 0.2) is 0 Å². The van der Waals surface area contributed by atoms with E-state index in [1.165, 1.54) is 0 Å². The minimum atomic E-state index is -1.26. The maximum Gasteiger partial charge on any atom is 1.00 e. The molecule has 0 atom stereocenters. The van der Waals surface area contributed by atoms with Crippen LogP contribution in [-0.4, -0.2) is 23.2 Å². The van der Waals surface area contributed by atoms with Crippen LogP contribution in [0.3, 0.4) is 0 Å². The number of carboxylic acid groups (broad SMARTS) is 1. The van der Waals surface area contributed by atoms with Crippen molar-refractivity contribution >= 4 is 6.09 Å². The van der Waals surface area contributed by atoms with Crippen LogP contribution in [0.4, 0.5) is 4.79 Å². The standard InChI is InChI=1S/C7H16N2O2.Na/c1-5(2)9(6(3)4)8-7(10)11;/h5-6,8H,1-4H3,(H,10,11);/q;+1/p-1. The van der Waals surface area contributed by atoms with Crippen molar-refractivity contribution in [2.24, 2.45) is 0 Å². The van der Waals surface area contributed by atoms with Crippen LogP contribution in [-0.2, 0) is 0 Å². The molecule has 0 radical (unpaired) electrons. The number of amides is 1. The topological polar surface area (TPSA) is 55.4 Å². The van der Waals surface area contributed by atoms with Gasteiger partial charge in [0.2, 0.25) is 0 Å². The van der Waals surface area contributed by atoms with Gasteiger partial charge in [-0.05, 0) is 27.7 Å². The fraction of sp³-hybridized carbons (Fsp3) is 0.857. The van der Waals surface area contributed by atoms with Gasteiger partial charge in [0.1, 0.15) is 6.09 Å². The molecule has 0 saturated carbocycles. The minimum absolute atomic E-state index is 0. The van der Waals surface area contributed by atoms with E-state index < -0.39 is 6.09 Å². The Morgan fingerprint density at radius 2 is 1.58 bits per heavy atom. The van der Waals surface area contributed by atoms with E-state index in [0.29, 0.717) is 0 Å². The molecule has 0 fully saturated rings. The molecule has 0 bridgehead atoms. The number of hydrogen-bond acceptors (Lipinski definition) is 3. The van der Waals surface area contributed by atoms with Crippen molar-refractivity contribution in [3.05, 3.63) is 0 Å². The average Bonchev–Trinajstić information content (AvgIpc) is 1.81. The summed E-state index contributed by atoms with van der Waals surface area (Å²) in [6.45, 7) is 7.65. The molecule has 1 N–H and O–H groups in total. The molecular formula is C7H15N2NaO2. The van der Waals surface area contributed by atoms with Gasteiger partial charge in [0.25, 0.3) is 0 Å². The SMILES string of the molecule is CC(C)N(NC(=O)[O-])C(C)C.[Na+]. The first-order valence-electron chi connectivity index (χ1n) is 3.71.